The second-order valence-corrected chi connectivity index (χ2v) is 16.3. The second kappa shape index (κ2) is 13.2. The van der Waals surface area contributed by atoms with Crippen molar-refractivity contribution < 1.29 is 4.42 Å². The van der Waals surface area contributed by atoms with Gasteiger partial charge in [-0.25, -0.2) is 0 Å². The molecule has 0 amide bonds. The van der Waals surface area contributed by atoms with Crippen molar-refractivity contribution in [1.82, 2.24) is 0 Å². The van der Waals surface area contributed by atoms with Crippen LogP contribution in [0.3, 0.4) is 0 Å². The van der Waals surface area contributed by atoms with Gasteiger partial charge in [-0.2, -0.15) is 0 Å². The molecule has 9 aromatic carbocycles. The minimum absolute atomic E-state index is 0.923. The van der Waals surface area contributed by atoms with Crippen LogP contribution < -0.4 is 4.90 Å². The van der Waals surface area contributed by atoms with Gasteiger partial charge in [-0.05, 0) is 111 Å². The largest absolute Gasteiger partial charge is 0.455 e. The van der Waals surface area contributed by atoms with Gasteiger partial charge in [-0.15, -0.1) is 11.3 Å². The Hall–Kier alpha value is -7.20. The second-order valence-electron chi connectivity index (χ2n) is 15.2. The Morgan fingerprint density at radius 2 is 0.914 bits per heavy atom. The highest BCUT2D eigenvalue weighted by Gasteiger charge is 2.22. The summed E-state index contributed by atoms with van der Waals surface area (Å²) in [7, 11) is 0. The molecule has 0 saturated heterocycles. The Bertz CT molecular complexity index is 3340. The molecule has 12 rings (SSSR count). The first-order valence-corrected chi connectivity index (χ1v) is 20.7. The number of para-hydroxylation sites is 1. The zero-order valence-electron chi connectivity index (χ0n) is 31.5. The zero-order valence-corrected chi connectivity index (χ0v) is 32.3. The highest BCUT2D eigenvalue weighted by atomic mass is 32.1. The molecule has 0 atom stereocenters. The molecule has 2 nitrogen and oxygen atoms in total. The van der Waals surface area contributed by atoms with E-state index in [1.54, 1.807) is 0 Å². The van der Waals surface area contributed by atoms with E-state index < -0.39 is 0 Å². The highest BCUT2D eigenvalue weighted by molar-refractivity contribution is 7.26. The minimum Gasteiger partial charge on any atom is -0.455 e. The molecule has 0 radical (unpaired) electrons. The molecule has 0 spiro atoms. The number of fused-ring (bicyclic) bond motifs is 10. The van der Waals surface area contributed by atoms with Crippen LogP contribution in [-0.2, 0) is 6.42 Å². The number of nitrogens with zero attached hydrogens (tertiary/aromatic N) is 1. The summed E-state index contributed by atoms with van der Waals surface area (Å²) >= 11 is 1.82. The van der Waals surface area contributed by atoms with Gasteiger partial charge in [-0.1, -0.05) is 146 Å². The molecule has 1 aliphatic rings. The molecule has 0 N–H and O–H groups in total. The smallest absolute Gasteiger partial charge is 0.144 e. The quantitative estimate of drug-likeness (QED) is 0.168. The van der Waals surface area contributed by atoms with Gasteiger partial charge in [0.05, 0.1) is 0 Å². The van der Waals surface area contributed by atoms with Crippen LogP contribution >= 0.6 is 11.3 Å². The fourth-order valence-electron chi connectivity index (χ4n) is 9.18. The third-order valence-corrected chi connectivity index (χ3v) is 13.1. The Kier molecular flexibility index (Phi) is 7.51. The van der Waals surface area contributed by atoms with E-state index in [1.165, 1.54) is 64.7 Å². The Morgan fingerprint density at radius 3 is 1.69 bits per heavy atom. The first kappa shape index (κ1) is 33.0. The predicted octanol–water partition coefficient (Wildman–Crippen LogP) is 16.0. The van der Waals surface area contributed by atoms with E-state index in [1.807, 2.05) is 11.3 Å². The first-order valence-electron chi connectivity index (χ1n) is 19.9. The van der Waals surface area contributed by atoms with Gasteiger partial charge in [0.15, 0.2) is 0 Å². The van der Waals surface area contributed by atoms with Crippen LogP contribution in [0, 0.1) is 0 Å². The van der Waals surface area contributed by atoms with Gasteiger partial charge in [0.1, 0.15) is 11.2 Å². The van der Waals surface area contributed by atoms with Crippen LogP contribution in [-0.4, -0.2) is 0 Å². The van der Waals surface area contributed by atoms with Gasteiger partial charge >= 0.3 is 0 Å². The first-order chi connectivity index (χ1) is 28.7. The van der Waals surface area contributed by atoms with Gasteiger partial charge < -0.3 is 9.32 Å². The summed E-state index contributed by atoms with van der Waals surface area (Å²) in [6, 6.07) is 72.7. The molecule has 0 saturated carbocycles. The summed E-state index contributed by atoms with van der Waals surface area (Å²) < 4.78 is 9.41. The zero-order chi connectivity index (χ0) is 38.2. The van der Waals surface area contributed by atoms with Gasteiger partial charge in [0, 0.05) is 53.6 Å². The summed E-state index contributed by atoms with van der Waals surface area (Å²) in [4.78, 5) is 2.35. The van der Waals surface area contributed by atoms with Crippen LogP contribution in [0.15, 0.2) is 205 Å². The van der Waals surface area contributed by atoms with Crippen molar-refractivity contribution in [3.63, 3.8) is 0 Å². The number of anilines is 3. The standard InChI is InChI=1S/C55H35NOS/c1-2-10-35(11-3-1)36-20-26-41(27-21-36)56(42-28-22-37(23-29-42)44-16-8-13-40-34-39-12-4-5-14-45(39)52(40)44)43-30-24-38(25-31-43)46-17-9-18-47-48-32-33-51-53(55(48)57-54(46)47)49-15-6-7-19-50(49)58-51/h1-33H,34H2. The summed E-state index contributed by atoms with van der Waals surface area (Å²) in [6.07, 6.45) is 0.987. The molecule has 3 heteroatoms. The molecule has 0 bridgehead atoms. The van der Waals surface area contributed by atoms with Crippen molar-refractivity contribution in [3.05, 3.63) is 211 Å². The van der Waals surface area contributed by atoms with Crippen molar-refractivity contribution >= 4 is 70.5 Å². The molecule has 272 valence electrons. The number of thiophene rings is 1. The Morgan fingerprint density at radius 1 is 0.362 bits per heavy atom. The lowest BCUT2D eigenvalue weighted by Gasteiger charge is -2.26. The maximum absolute atomic E-state index is 6.87. The van der Waals surface area contributed by atoms with Gasteiger partial charge in [0.25, 0.3) is 0 Å². The number of hydrogen-bond donors (Lipinski definition) is 0. The lowest BCUT2D eigenvalue weighted by molar-refractivity contribution is 0.674. The van der Waals surface area contributed by atoms with E-state index >= 15 is 0 Å². The van der Waals surface area contributed by atoms with Crippen molar-refractivity contribution in [3.8, 4) is 44.5 Å². The molecule has 11 aromatic rings. The van der Waals surface area contributed by atoms with Crippen LogP contribution in [0.5, 0.6) is 0 Å². The average molecular weight is 758 g/mol. The van der Waals surface area contributed by atoms with Crippen molar-refractivity contribution in [2.45, 2.75) is 6.42 Å². The molecule has 0 aliphatic heterocycles. The summed E-state index contributed by atoms with van der Waals surface area (Å²) in [5, 5.41) is 4.75. The topological polar surface area (TPSA) is 16.4 Å². The summed E-state index contributed by atoms with van der Waals surface area (Å²) in [5.41, 5.74) is 17.8. The minimum atomic E-state index is 0.923. The summed E-state index contributed by atoms with van der Waals surface area (Å²) in [5.74, 6) is 0. The van der Waals surface area contributed by atoms with E-state index in [0.29, 0.717) is 0 Å². The van der Waals surface area contributed by atoms with E-state index in [0.717, 1.165) is 56.5 Å². The predicted molar refractivity (Wildman–Crippen MR) is 246 cm³/mol. The number of benzene rings is 9. The van der Waals surface area contributed by atoms with Gasteiger partial charge in [-0.3, -0.25) is 0 Å². The molecule has 0 fully saturated rings. The number of rotatable bonds is 6. The average Bonchev–Trinajstić information content (AvgIpc) is 3.99. The lowest BCUT2D eigenvalue weighted by atomic mass is 9.94. The SMILES string of the molecule is c1ccc(-c2ccc(N(c3ccc(-c4cccc5c4-c4ccccc4C5)cc3)c3ccc(-c4cccc5c4oc4c5ccc5sc6ccccc6c54)cc3)cc2)cc1. The molecular weight excluding hydrogens is 723 g/mol. The third kappa shape index (κ3) is 5.25. The number of furan rings is 1. The van der Waals surface area contributed by atoms with E-state index in [2.05, 4.69) is 205 Å². The monoisotopic (exact) mass is 757 g/mol. The molecule has 58 heavy (non-hydrogen) atoms. The lowest BCUT2D eigenvalue weighted by Crippen LogP contribution is -2.09. The maximum Gasteiger partial charge on any atom is 0.144 e. The van der Waals surface area contributed by atoms with Crippen LogP contribution in [0.1, 0.15) is 11.1 Å². The molecule has 2 aromatic heterocycles. The van der Waals surface area contributed by atoms with Crippen molar-refractivity contribution in [1.29, 1.82) is 0 Å². The molecular formula is C55H35NOS. The van der Waals surface area contributed by atoms with E-state index in [9.17, 15) is 0 Å². The highest BCUT2D eigenvalue weighted by Crippen LogP contribution is 2.46. The fourth-order valence-corrected chi connectivity index (χ4v) is 10.3. The van der Waals surface area contributed by atoms with Gasteiger partial charge in [0.2, 0.25) is 0 Å². The van der Waals surface area contributed by atoms with Crippen LogP contribution in [0.25, 0.3) is 86.6 Å². The number of hydrogen-bond acceptors (Lipinski definition) is 3. The van der Waals surface area contributed by atoms with Crippen LogP contribution in [0.4, 0.5) is 17.1 Å². The molecule has 2 heterocycles. The summed E-state index contributed by atoms with van der Waals surface area (Å²) in [6.45, 7) is 0. The Labute approximate surface area is 340 Å². The van der Waals surface area contributed by atoms with E-state index in [-0.39, 0.29) is 0 Å². The fraction of sp³-hybridized carbons (Fsp3) is 0.0182. The molecule has 0 unspecified atom stereocenters. The normalized spacial score (nSPS) is 12.1. The maximum atomic E-state index is 6.87. The molecule has 1 aliphatic carbocycles. The van der Waals surface area contributed by atoms with Crippen molar-refractivity contribution in [2.75, 3.05) is 4.90 Å². The van der Waals surface area contributed by atoms with Crippen LogP contribution in [0.2, 0.25) is 0 Å². The third-order valence-electron chi connectivity index (χ3n) is 11.9. The van der Waals surface area contributed by atoms with E-state index in [4.69, 9.17) is 4.42 Å². The Balaban J connectivity index is 0.950. The van der Waals surface area contributed by atoms with Crippen molar-refractivity contribution in [2.24, 2.45) is 0 Å².